The maximum atomic E-state index is 10.4. The van der Waals surface area contributed by atoms with Gasteiger partial charge in [0, 0.05) is 28.6 Å². The molecule has 0 spiro atoms. The quantitative estimate of drug-likeness (QED) is 0.757. The summed E-state index contributed by atoms with van der Waals surface area (Å²) in [5.41, 5.74) is 0. The highest BCUT2D eigenvalue weighted by molar-refractivity contribution is 8.13. The summed E-state index contributed by atoms with van der Waals surface area (Å²) in [5, 5.41) is 0.994. The molecule has 1 rings (SSSR count). The third-order valence-corrected chi connectivity index (χ3v) is 3.63. The summed E-state index contributed by atoms with van der Waals surface area (Å²) in [6, 6.07) is 7.08. The molecule has 0 saturated heterocycles. The molecule has 6 heteroatoms. The zero-order chi connectivity index (χ0) is 14.1. The van der Waals surface area contributed by atoms with E-state index in [9.17, 15) is 9.59 Å². The van der Waals surface area contributed by atoms with Crippen molar-refractivity contribution in [3.8, 4) is 0 Å². The average Bonchev–Trinajstić information content (AvgIpc) is 2.26. The smallest absolute Gasteiger partial charge is 0.225 e. The van der Waals surface area contributed by atoms with Gasteiger partial charge in [-0.2, -0.15) is 0 Å². The topological polar surface area (TPSA) is 34.1 Å². The van der Waals surface area contributed by atoms with Crippen LogP contribution in [0.2, 0.25) is 10.0 Å². The zero-order valence-corrected chi connectivity index (χ0v) is 13.0. The minimum atomic E-state index is -0.381. The van der Waals surface area contributed by atoms with Crippen LogP contribution in [0.15, 0.2) is 24.3 Å². The summed E-state index contributed by atoms with van der Waals surface area (Å²) in [4.78, 5) is 20.8. The van der Waals surface area contributed by atoms with Crippen LogP contribution in [0, 0.1) is 5.92 Å². The van der Waals surface area contributed by atoms with Crippen LogP contribution in [0.5, 0.6) is 0 Å². The van der Waals surface area contributed by atoms with Gasteiger partial charge in [-0.25, -0.2) is 0 Å². The first-order valence-corrected chi connectivity index (χ1v) is 7.18. The number of thioether (sulfide) groups is 1. The van der Waals surface area contributed by atoms with Crippen LogP contribution >= 0.6 is 46.6 Å². The van der Waals surface area contributed by atoms with Gasteiger partial charge in [0.25, 0.3) is 0 Å². The molecule has 0 aliphatic rings. The number of carbonyl (C=O) groups is 2. The van der Waals surface area contributed by atoms with Crippen LogP contribution < -0.4 is 0 Å². The SMILES string of the molecule is CC(=O)SCC(C)C(=O)Cl.Clc1cccc(Cl)c1. The average molecular weight is 328 g/mol. The number of hydrogen-bond acceptors (Lipinski definition) is 3. The van der Waals surface area contributed by atoms with Gasteiger partial charge in [0.2, 0.25) is 5.24 Å². The number of rotatable bonds is 3. The van der Waals surface area contributed by atoms with E-state index in [2.05, 4.69) is 0 Å². The molecule has 18 heavy (non-hydrogen) atoms. The van der Waals surface area contributed by atoms with Gasteiger partial charge in [0.05, 0.1) is 0 Å². The molecule has 0 heterocycles. The molecule has 0 amide bonds. The molecule has 0 aliphatic carbocycles. The maximum Gasteiger partial charge on any atom is 0.225 e. The van der Waals surface area contributed by atoms with E-state index < -0.39 is 0 Å². The zero-order valence-electron chi connectivity index (χ0n) is 9.95. The van der Waals surface area contributed by atoms with E-state index in [4.69, 9.17) is 34.8 Å². The number of benzene rings is 1. The van der Waals surface area contributed by atoms with Gasteiger partial charge in [-0.3, -0.25) is 9.59 Å². The Morgan fingerprint density at radius 1 is 1.28 bits per heavy atom. The van der Waals surface area contributed by atoms with Crippen LogP contribution in [-0.4, -0.2) is 16.1 Å². The fraction of sp³-hybridized carbons (Fsp3) is 0.333. The Bertz CT molecular complexity index is 393. The molecule has 0 N–H and O–H groups in total. The lowest BCUT2D eigenvalue weighted by Gasteiger charge is -2.01. The van der Waals surface area contributed by atoms with Gasteiger partial charge in [0.15, 0.2) is 5.12 Å². The normalized spacial score (nSPS) is 11.2. The van der Waals surface area contributed by atoms with Crippen molar-refractivity contribution in [2.75, 3.05) is 5.75 Å². The Morgan fingerprint density at radius 3 is 2.06 bits per heavy atom. The van der Waals surface area contributed by atoms with E-state index in [1.54, 1.807) is 25.1 Å². The summed E-state index contributed by atoms with van der Waals surface area (Å²) < 4.78 is 0. The first-order valence-electron chi connectivity index (χ1n) is 5.06. The van der Waals surface area contributed by atoms with Crippen LogP contribution in [-0.2, 0) is 9.59 Å². The van der Waals surface area contributed by atoms with Crippen LogP contribution in [0.3, 0.4) is 0 Å². The standard InChI is InChI=1S/C6H4Cl2.C6H9ClO2S/c7-5-2-1-3-6(8)4-5;1-4(6(7)9)3-10-5(2)8/h1-4H;4H,3H2,1-2H3. The Kier molecular flexibility index (Phi) is 9.56. The summed E-state index contributed by atoms with van der Waals surface area (Å²) in [6.45, 7) is 3.17. The third kappa shape index (κ3) is 9.77. The van der Waals surface area contributed by atoms with Crippen molar-refractivity contribution >= 4 is 56.9 Å². The van der Waals surface area contributed by atoms with Crippen molar-refractivity contribution in [3.63, 3.8) is 0 Å². The second-order valence-electron chi connectivity index (χ2n) is 3.45. The molecule has 0 aromatic heterocycles. The highest BCUT2D eigenvalue weighted by Crippen LogP contribution is 2.14. The molecule has 0 aliphatic heterocycles. The van der Waals surface area contributed by atoms with Gasteiger partial charge in [-0.1, -0.05) is 48.0 Å². The van der Waals surface area contributed by atoms with Crippen molar-refractivity contribution in [1.29, 1.82) is 0 Å². The van der Waals surface area contributed by atoms with Gasteiger partial charge in [-0.05, 0) is 29.8 Å². The summed E-state index contributed by atoms with van der Waals surface area (Å²) >= 11 is 17.4. The molecule has 2 nitrogen and oxygen atoms in total. The lowest BCUT2D eigenvalue weighted by Crippen LogP contribution is -2.07. The van der Waals surface area contributed by atoms with Crippen molar-refractivity contribution in [3.05, 3.63) is 34.3 Å². The van der Waals surface area contributed by atoms with E-state index in [1.807, 2.05) is 6.07 Å². The lowest BCUT2D eigenvalue weighted by atomic mass is 10.2. The molecular formula is C12H13Cl3O2S. The molecule has 0 fully saturated rings. The summed E-state index contributed by atoms with van der Waals surface area (Å²) in [7, 11) is 0. The van der Waals surface area contributed by atoms with Crippen LogP contribution in [0.4, 0.5) is 0 Å². The van der Waals surface area contributed by atoms with Gasteiger partial charge < -0.3 is 0 Å². The second kappa shape index (κ2) is 9.68. The Labute approximate surface area is 126 Å². The maximum absolute atomic E-state index is 10.4. The van der Waals surface area contributed by atoms with Crippen LogP contribution in [0.1, 0.15) is 13.8 Å². The Morgan fingerprint density at radius 2 is 1.78 bits per heavy atom. The minimum absolute atomic E-state index is 0.0183. The molecule has 0 bridgehead atoms. The Balaban J connectivity index is 0.000000327. The van der Waals surface area contributed by atoms with E-state index >= 15 is 0 Å². The van der Waals surface area contributed by atoms with Gasteiger partial charge >= 0.3 is 0 Å². The highest BCUT2D eigenvalue weighted by atomic mass is 35.5. The predicted octanol–water partition coefficient (Wildman–Crippen LogP) is 4.66. The van der Waals surface area contributed by atoms with E-state index in [0.717, 1.165) is 11.8 Å². The largest absolute Gasteiger partial charge is 0.288 e. The van der Waals surface area contributed by atoms with E-state index in [-0.39, 0.29) is 16.3 Å². The fourth-order valence-electron chi connectivity index (χ4n) is 0.768. The van der Waals surface area contributed by atoms with Crippen LogP contribution in [0.25, 0.3) is 0 Å². The van der Waals surface area contributed by atoms with Crippen molar-refractivity contribution in [1.82, 2.24) is 0 Å². The minimum Gasteiger partial charge on any atom is -0.288 e. The van der Waals surface area contributed by atoms with Crippen molar-refractivity contribution in [2.24, 2.45) is 5.92 Å². The Hall–Kier alpha value is -0.220. The molecule has 0 radical (unpaired) electrons. The molecule has 1 aromatic rings. The number of halogens is 3. The molecular weight excluding hydrogens is 315 g/mol. The molecule has 1 unspecified atom stereocenters. The summed E-state index contributed by atoms with van der Waals surface area (Å²) in [6.07, 6.45) is 0. The third-order valence-electron chi connectivity index (χ3n) is 1.71. The number of hydrogen-bond donors (Lipinski definition) is 0. The molecule has 0 saturated carbocycles. The van der Waals surface area contributed by atoms with Crippen molar-refractivity contribution < 1.29 is 9.59 Å². The monoisotopic (exact) mass is 326 g/mol. The predicted molar refractivity (Wildman–Crippen MR) is 79.6 cm³/mol. The first kappa shape index (κ1) is 17.8. The molecule has 1 aromatic carbocycles. The first-order chi connectivity index (χ1) is 8.32. The highest BCUT2D eigenvalue weighted by Gasteiger charge is 2.10. The van der Waals surface area contributed by atoms with E-state index in [1.165, 1.54) is 6.92 Å². The van der Waals surface area contributed by atoms with Crippen molar-refractivity contribution in [2.45, 2.75) is 13.8 Å². The fourth-order valence-corrected chi connectivity index (χ4v) is 2.01. The lowest BCUT2D eigenvalue weighted by molar-refractivity contribution is -0.114. The van der Waals surface area contributed by atoms with E-state index in [0.29, 0.717) is 15.8 Å². The van der Waals surface area contributed by atoms with Gasteiger partial charge in [-0.15, -0.1) is 0 Å². The second-order valence-corrected chi connectivity index (χ2v) is 5.89. The number of carbonyl (C=O) groups excluding carboxylic acids is 2. The van der Waals surface area contributed by atoms with Gasteiger partial charge in [0.1, 0.15) is 0 Å². The molecule has 1 atom stereocenters. The summed E-state index contributed by atoms with van der Waals surface area (Å²) in [5.74, 6) is 0.257. The molecule has 100 valence electrons.